The lowest BCUT2D eigenvalue weighted by molar-refractivity contribution is -0.121. The molecule has 1 aliphatic heterocycles. The van der Waals surface area contributed by atoms with E-state index >= 15 is 0 Å². The second-order valence-electron chi connectivity index (χ2n) is 7.37. The molecular formula is C22H25ClN2O2. The summed E-state index contributed by atoms with van der Waals surface area (Å²) in [5.41, 5.74) is 2.54. The molecule has 2 fully saturated rings. The number of benzene rings is 2. The molecule has 2 aromatic carbocycles. The van der Waals surface area contributed by atoms with Gasteiger partial charge in [-0.05, 0) is 42.7 Å². The molecule has 1 saturated carbocycles. The van der Waals surface area contributed by atoms with Crippen LogP contribution in [0.5, 0.6) is 0 Å². The zero-order valence-corrected chi connectivity index (χ0v) is 16.2. The Bertz CT molecular complexity index is 794. The highest BCUT2D eigenvalue weighted by atomic mass is 35.5. The van der Waals surface area contributed by atoms with Crippen LogP contribution in [0, 0.1) is 0 Å². The Balaban J connectivity index is 1.62. The van der Waals surface area contributed by atoms with Crippen LogP contribution in [0.25, 0.3) is 0 Å². The zero-order valence-electron chi connectivity index (χ0n) is 15.4. The molecular weight excluding hydrogens is 360 g/mol. The number of anilines is 2. The van der Waals surface area contributed by atoms with Crippen LogP contribution >= 0.6 is 11.6 Å². The van der Waals surface area contributed by atoms with Crippen LogP contribution in [0.2, 0.25) is 5.02 Å². The lowest BCUT2D eigenvalue weighted by Crippen LogP contribution is -2.39. The van der Waals surface area contributed by atoms with Crippen LogP contribution in [-0.2, 0) is 14.9 Å². The summed E-state index contributed by atoms with van der Waals surface area (Å²) < 4.78 is 5.47. The van der Waals surface area contributed by atoms with Crippen LogP contribution < -0.4 is 10.2 Å². The molecule has 0 aromatic heterocycles. The molecule has 5 heteroatoms. The van der Waals surface area contributed by atoms with Crippen molar-refractivity contribution in [2.75, 3.05) is 36.5 Å². The summed E-state index contributed by atoms with van der Waals surface area (Å²) in [7, 11) is 0. The number of carbonyl (C=O) groups is 1. The molecule has 1 heterocycles. The van der Waals surface area contributed by atoms with Gasteiger partial charge in [-0.15, -0.1) is 0 Å². The van der Waals surface area contributed by atoms with E-state index in [1.807, 2.05) is 42.5 Å². The van der Waals surface area contributed by atoms with E-state index in [4.69, 9.17) is 16.3 Å². The van der Waals surface area contributed by atoms with E-state index in [9.17, 15) is 4.79 Å². The monoisotopic (exact) mass is 384 g/mol. The summed E-state index contributed by atoms with van der Waals surface area (Å²) in [4.78, 5) is 15.8. The number of nitrogens with zero attached hydrogens (tertiary/aromatic N) is 1. The quantitative estimate of drug-likeness (QED) is 0.835. The van der Waals surface area contributed by atoms with Crippen LogP contribution in [0.1, 0.15) is 31.2 Å². The van der Waals surface area contributed by atoms with E-state index < -0.39 is 5.41 Å². The van der Waals surface area contributed by atoms with Crippen LogP contribution in [0.4, 0.5) is 11.4 Å². The van der Waals surface area contributed by atoms with Gasteiger partial charge in [-0.25, -0.2) is 0 Å². The molecule has 0 atom stereocenters. The molecule has 1 amide bonds. The summed E-state index contributed by atoms with van der Waals surface area (Å²) in [6.07, 6.45) is 3.89. The molecule has 2 aromatic rings. The molecule has 1 saturated heterocycles. The average Bonchev–Trinajstić information content (AvgIpc) is 3.21. The van der Waals surface area contributed by atoms with E-state index in [0.29, 0.717) is 5.02 Å². The maximum Gasteiger partial charge on any atom is 0.235 e. The largest absolute Gasteiger partial charge is 0.378 e. The Morgan fingerprint density at radius 3 is 2.37 bits per heavy atom. The summed E-state index contributed by atoms with van der Waals surface area (Å²) in [5, 5.41) is 3.95. The minimum Gasteiger partial charge on any atom is -0.378 e. The Morgan fingerprint density at radius 2 is 1.67 bits per heavy atom. The van der Waals surface area contributed by atoms with E-state index in [0.717, 1.165) is 68.9 Å². The minimum atomic E-state index is -0.470. The van der Waals surface area contributed by atoms with Crippen molar-refractivity contribution in [2.45, 2.75) is 31.1 Å². The molecule has 0 bridgehead atoms. The predicted molar refractivity (Wildman–Crippen MR) is 110 cm³/mol. The van der Waals surface area contributed by atoms with Crippen molar-refractivity contribution in [1.29, 1.82) is 0 Å². The summed E-state index contributed by atoms with van der Waals surface area (Å²) >= 11 is 6.06. The van der Waals surface area contributed by atoms with Gasteiger partial charge >= 0.3 is 0 Å². The second-order valence-corrected chi connectivity index (χ2v) is 7.80. The van der Waals surface area contributed by atoms with Crippen molar-refractivity contribution in [3.63, 3.8) is 0 Å². The summed E-state index contributed by atoms with van der Waals surface area (Å²) in [6, 6.07) is 15.8. The highest BCUT2D eigenvalue weighted by Gasteiger charge is 2.42. The van der Waals surface area contributed by atoms with Gasteiger partial charge < -0.3 is 15.0 Å². The standard InChI is InChI=1S/C22H25ClN2O2/c23-18-9-7-17(8-10-18)22(11-3-4-12-22)21(26)24-19-5-1-2-6-20(19)25-13-15-27-16-14-25/h1-2,5-10H,3-4,11-16H2,(H,24,26). The molecule has 4 nitrogen and oxygen atoms in total. The number of hydrogen-bond donors (Lipinski definition) is 1. The van der Waals surface area contributed by atoms with E-state index in [1.165, 1.54) is 0 Å². The maximum atomic E-state index is 13.5. The van der Waals surface area contributed by atoms with Gasteiger partial charge in [0, 0.05) is 18.1 Å². The normalized spacial score (nSPS) is 19.1. The molecule has 1 N–H and O–H groups in total. The lowest BCUT2D eigenvalue weighted by atomic mass is 9.78. The third kappa shape index (κ3) is 3.69. The zero-order chi connectivity index (χ0) is 18.7. The van der Waals surface area contributed by atoms with Crippen molar-refractivity contribution in [2.24, 2.45) is 0 Å². The van der Waals surface area contributed by atoms with E-state index in [1.54, 1.807) is 0 Å². The Kier molecular flexibility index (Phi) is 5.37. The lowest BCUT2D eigenvalue weighted by Gasteiger charge is -2.32. The first kappa shape index (κ1) is 18.3. The third-order valence-electron chi connectivity index (χ3n) is 5.79. The second kappa shape index (κ2) is 7.91. The molecule has 4 rings (SSSR count). The number of para-hydroxylation sites is 2. The number of hydrogen-bond acceptors (Lipinski definition) is 3. The van der Waals surface area contributed by atoms with Crippen LogP contribution in [0.15, 0.2) is 48.5 Å². The predicted octanol–water partition coefficient (Wildman–Crippen LogP) is 4.63. The van der Waals surface area contributed by atoms with Gasteiger partial charge in [-0.3, -0.25) is 4.79 Å². The summed E-state index contributed by atoms with van der Waals surface area (Å²) in [5.74, 6) is 0.0861. The molecule has 1 aliphatic carbocycles. The number of amides is 1. The van der Waals surface area contributed by atoms with E-state index in [2.05, 4.69) is 16.3 Å². The highest BCUT2D eigenvalue weighted by molar-refractivity contribution is 6.30. The molecule has 27 heavy (non-hydrogen) atoms. The van der Waals surface area contributed by atoms with Gasteiger partial charge in [0.15, 0.2) is 0 Å². The fourth-order valence-corrected chi connectivity index (χ4v) is 4.42. The van der Waals surface area contributed by atoms with Gasteiger partial charge in [0.05, 0.1) is 30.0 Å². The van der Waals surface area contributed by atoms with Gasteiger partial charge in [0.25, 0.3) is 0 Å². The first-order valence-corrected chi connectivity index (χ1v) is 10.1. The highest BCUT2D eigenvalue weighted by Crippen LogP contribution is 2.43. The summed E-state index contributed by atoms with van der Waals surface area (Å²) in [6.45, 7) is 3.12. The number of halogens is 1. The third-order valence-corrected chi connectivity index (χ3v) is 6.04. The first-order valence-electron chi connectivity index (χ1n) is 9.68. The average molecular weight is 385 g/mol. The fourth-order valence-electron chi connectivity index (χ4n) is 4.30. The van der Waals surface area contributed by atoms with Crippen molar-refractivity contribution < 1.29 is 9.53 Å². The maximum absolute atomic E-state index is 13.5. The minimum absolute atomic E-state index is 0.0861. The number of rotatable bonds is 4. The molecule has 0 spiro atoms. The molecule has 0 unspecified atom stereocenters. The van der Waals surface area contributed by atoms with Crippen molar-refractivity contribution in [3.8, 4) is 0 Å². The Hall–Kier alpha value is -2.04. The van der Waals surface area contributed by atoms with Crippen LogP contribution in [0.3, 0.4) is 0 Å². The Morgan fingerprint density at radius 1 is 1.00 bits per heavy atom. The van der Waals surface area contributed by atoms with Gasteiger partial charge in [-0.1, -0.05) is 48.7 Å². The fraction of sp³-hybridized carbons (Fsp3) is 0.409. The van der Waals surface area contributed by atoms with Crippen LogP contribution in [-0.4, -0.2) is 32.2 Å². The smallest absolute Gasteiger partial charge is 0.235 e. The Labute approximate surface area is 165 Å². The van der Waals surface area contributed by atoms with Gasteiger partial charge in [0.1, 0.15) is 0 Å². The van der Waals surface area contributed by atoms with Gasteiger partial charge in [0.2, 0.25) is 5.91 Å². The van der Waals surface area contributed by atoms with Gasteiger partial charge in [-0.2, -0.15) is 0 Å². The topological polar surface area (TPSA) is 41.6 Å². The molecule has 0 radical (unpaired) electrons. The number of nitrogens with one attached hydrogen (secondary N) is 1. The van der Waals surface area contributed by atoms with Crippen molar-refractivity contribution in [1.82, 2.24) is 0 Å². The van der Waals surface area contributed by atoms with Crippen molar-refractivity contribution in [3.05, 3.63) is 59.1 Å². The number of ether oxygens (including phenoxy) is 1. The molecule has 142 valence electrons. The SMILES string of the molecule is O=C(Nc1ccccc1N1CCOCC1)C1(c2ccc(Cl)cc2)CCCC1. The van der Waals surface area contributed by atoms with E-state index in [-0.39, 0.29) is 5.91 Å². The number of carbonyl (C=O) groups excluding carboxylic acids is 1. The first-order chi connectivity index (χ1) is 13.2. The van der Waals surface area contributed by atoms with Crippen molar-refractivity contribution >= 4 is 28.9 Å². The number of morpholine rings is 1. The molecule has 2 aliphatic rings.